The highest BCUT2D eigenvalue weighted by Crippen LogP contribution is 2.15. The van der Waals surface area contributed by atoms with Gasteiger partial charge < -0.3 is 5.32 Å². The van der Waals surface area contributed by atoms with Gasteiger partial charge in [0.05, 0.1) is 11.2 Å². The van der Waals surface area contributed by atoms with Crippen LogP contribution in [0.4, 0.5) is 0 Å². The summed E-state index contributed by atoms with van der Waals surface area (Å²) in [4.78, 5) is 4.70. The Morgan fingerprint density at radius 2 is 1.86 bits per heavy atom. The van der Waals surface area contributed by atoms with Crippen molar-refractivity contribution in [3.8, 4) is 0 Å². The Morgan fingerprint density at radius 3 is 2.71 bits per heavy atom. The molecule has 0 aliphatic carbocycles. The first-order valence-electron chi connectivity index (χ1n) is 7.37. The lowest BCUT2D eigenvalue weighted by atomic mass is 10.1. The summed E-state index contributed by atoms with van der Waals surface area (Å²) in [5.74, 6) is 0. The monoisotopic (exact) mass is 276 g/mol. The summed E-state index contributed by atoms with van der Waals surface area (Å²) in [5, 5.41) is 4.73. The van der Waals surface area contributed by atoms with Crippen molar-refractivity contribution in [1.29, 1.82) is 0 Å². The maximum absolute atomic E-state index is 4.70. The second kappa shape index (κ2) is 6.06. The van der Waals surface area contributed by atoms with E-state index in [4.69, 9.17) is 4.98 Å². The minimum atomic E-state index is 0.318. The van der Waals surface area contributed by atoms with E-state index in [1.54, 1.807) is 0 Å². The molecule has 21 heavy (non-hydrogen) atoms. The fourth-order valence-corrected chi connectivity index (χ4v) is 2.52. The third-order valence-corrected chi connectivity index (χ3v) is 3.79. The third kappa shape index (κ3) is 3.29. The number of aromatic nitrogens is 1. The van der Waals surface area contributed by atoms with E-state index in [1.807, 2.05) is 12.1 Å². The molecule has 0 radical (unpaired) electrons. The van der Waals surface area contributed by atoms with Gasteiger partial charge in [0.1, 0.15) is 0 Å². The van der Waals surface area contributed by atoms with Crippen molar-refractivity contribution < 1.29 is 0 Å². The predicted molar refractivity (Wildman–Crippen MR) is 88.2 cm³/mol. The van der Waals surface area contributed by atoms with Crippen LogP contribution in [0.25, 0.3) is 10.9 Å². The van der Waals surface area contributed by atoms with Gasteiger partial charge in [-0.05, 0) is 31.5 Å². The average molecular weight is 276 g/mol. The van der Waals surface area contributed by atoms with Crippen molar-refractivity contribution in [2.45, 2.75) is 26.4 Å². The number of nitrogens with zero attached hydrogens (tertiary/aromatic N) is 1. The first-order chi connectivity index (χ1) is 10.2. The fraction of sp³-hybridized carbons (Fsp3) is 0.211. The van der Waals surface area contributed by atoms with E-state index in [-0.39, 0.29) is 0 Å². The molecule has 2 nitrogen and oxygen atoms in total. The van der Waals surface area contributed by atoms with Crippen LogP contribution in [-0.2, 0) is 6.54 Å². The van der Waals surface area contributed by atoms with Gasteiger partial charge in [0.15, 0.2) is 0 Å². The summed E-state index contributed by atoms with van der Waals surface area (Å²) >= 11 is 0. The van der Waals surface area contributed by atoms with E-state index in [9.17, 15) is 0 Å². The van der Waals surface area contributed by atoms with Gasteiger partial charge in [-0.3, -0.25) is 4.98 Å². The molecule has 0 bridgehead atoms. The van der Waals surface area contributed by atoms with Gasteiger partial charge >= 0.3 is 0 Å². The van der Waals surface area contributed by atoms with Crippen LogP contribution < -0.4 is 5.32 Å². The lowest BCUT2D eigenvalue weighted by molar-refractivity contribution is 0.568. The van der Waals surface area contributed by atoms with Gasteiger partial charge in [0.2, 0.25) is 0 Å². The van der Waals surface area contributed by atoms with E-state index in [1.165, 1.54) is 16.5 Å². The van der Waals surface area contributed by atoms with E-state index in [0.29, 0.717) is 6.04 Å². The standard InChI is InChI=1S/C19H20N2/c1-14-6-5-8-17(12-14)15(2)20-13-18-11-10-16-7-3-4-9-19(16)21-18/h3-12,15,20H,13H2,1-2H3/t15-/m1/s1. The van der Waals surface area contributed by atoms with E-state index < -0.39 is 0 Å². The first kappa shape index (κ1) is 13.8. The van der Waals surface area contributed by atoms with Crippen molar-refractivity contribution in [3.05, 3.63) is 77.5 Å². The molecule has 106 valence electrons. The Hall–Kier alpha value is -2.19. The molecule has 1 heterocycles. The van der Waals surface area contributed by atoms with Crippen LogP contribution >= 0.6 is 0 Å². The normalized spacial score (nSPS) is 12.5. The molecule has 0 fully saturated rings. The molecular weight excluding hydrogens is 256 g/mol. The Bertz CT molecular complexity index is 749. The van der Waals surface area contributed by atoms with Gasteiger partial charge in [-0.15, -0.1) is 0 Å². The average Bonchev–Trinajstić information content (AvgIpc) is 2.52. The van der Waals surface area contributed by atoms with Crippen molar-refractivity contribution in [3.63, 3.8) is 0 Å². The zero-order chi connectivity index (χ0) is 14.7. The van der Waals surface area contributed by atoms with Crippen LogP contribution in [0.15, 0.2) is 60.7 Å². The van der Waals surface area contributed by atoms with Crippen LogP contribution in [0.3, 0.4) is 0 Å². The molecule has 0 saturated heterocycles. The molecule has 0 unspecified atom stereocenters. The molecule has 0 saturated carbocycles. The maximum Gasteiger partial charge on any atom is 0.0705 e. The second-order valence-electron chi connectivity index (χ2n) is 5.51. The van der Waals surface area contributed by atoms with Crippen LogP contribution in [0.5, 0.6) is 0 Å². The highest BCUT2D eigenvalue weighted by atomic mass is 14.9. The van der Waals surface area contributed by atoms with Crippen molar-refractivity contribution in [2.75, 3.05) is 0 Å². The van der Waals surface area contributed by atoms with Gasteiger partial charge in [0, 0.05) is 18.0 Å². The zero-order valence-electron chi connectivity index (χ0n) is 12.5. The highest BCUT2D eigenvalue weighted by Gasteiger charge is 2.05. The number of aryl methyl sites for hydroxylation is 1. The summed E-state index contributed by atoms with van der Waals surface area (Å²) in [7, 11) is 0. The maximum atomic E-state index is 4.70. The largest absolute Gasteiger partial charge is 0.305 e. The Morgan fingerprint density at radius 1 is 1.00 bits per heavy atom. The molecule has 0 amide bonds. The number of pyridine rings is 1. The summed E-state index contributed by atoms with van der Waals surface area (Å²) in [6, 6.07) is 21.4. The van der Waals surface area contributed by atoms with Crippen LogP contribution in [-0.4, -0.2) is 4.98 Å². The SMILES string of the molecule is Cc1cccc([C@@H](C)NCc2ccc3ccccc3n2)c1. The number of hydrogen-bond donors (Lipinski definition) is 1. The summed E-state index contributed by atoms with van der Waals surface area (Å²) in [5.41, 5.74) is 4.74. The second-order valence-corrected chi connectivity index (χ2v) is 5.51. The lowest BCUT2D eigenvalue weighted by Crippen LogP contribution is -2.18. The molecule has 1 N–H and O–H groups in total. The minimum absolute atomic E-state index is 0.318. The quantitative estimate of drug-likeness (QED) is 0.764. The third-order valence-electron chi connectivity index (χ3n) is 3.79. The number of fused-ring (bicyclic) bond motifs is 1. The Kier molecular flexibility index (Phi) is 3.98. The van der Waals surface area contributed by atoms with Crippen LogP contribution in [0, 0.1) is 6.92 Å². The van der Waals surface area contributed by atoms with E-state index >= 15 is 0 Å². The van der Waals surface area contributed by atoms with Crippen LogP contribution in [0.2, 0.25) is 0 Å². The number of hydrogen-bond acceptors (Lipinski definition) is 2. The molecule has 1 aromatic heterocycles. The topological polar surface area (TPSA) is 24.9 Å². The van der Waals surface area contributed by atoms with E-state index in [0.717, 1.165) is 17.8 Å². The summed E-state index contributed by atoms with van der Waals surface area (Å²) in [6.07, 6.45) is 0. The molecule has 2 aromatic carbocycles. The molecule has 3 aromatic rings. The number of benzene rings is 2. The lowest BCUT2D eigenvalue weighted by Gasteiger charge is -2.14. The molecule has 2 heteroatoms. The predicted octanol–water partition coefficient (Wildman–Crippen LogP) is 4.39. The summed E-state index contributed by atoms with van der Waals surface area (Å²) < 4.78 is 0. The van der Waals surface area contributed by atoms with Crippen molar-refractivity contribution in [2.24, 2.45) is 0 Å². The molecule has 3 rings (SSSR count). The van der Waals surface area contributed by atoms with Crippen molar-refractivity contribution in [1.82, 2.24) is 10.3 Å². The molecule has 0 spiro atoms. The number of nitrogens with one attached hydrogen (secondary N) is 1. The van der Waals surface area contributed by atoms with Gasteiger partial charge in [-0.2, -0.15) is 0 Å². The fourth-order valence-electron chi connectivity index (χ4n) is 2.52. The minimum Gasteiger partial charge on any atom is -0.305 e. The molecule has 0 aliphatic rings. The Balaban J connectivity index is 1.71. The first-order valence-corrected chi connectivity index (χ1v) is 7.37. The van der Waals surface area contributed by atoms with Crippen LogP contribution in [0.1, 0.15) is 29.8 Å². The molecule has 1 atom stereocenters. The van der Waals surface area contributed by atoms with Gasteiger partial charge in [-0.1, -0.05) is 54.1 Å². The van der Waals surface area contributed by atoms with Crippen molar-refractivity contribution >= 4 is 10.9 Å². The highest BCUT2D eigenvalue weighted by molar-refractivity contribution is 5.78. The van der Waals surface area contributed by atoms with Gasteiger partial charge in [0.25, 0.3) is 0 Å². The van der Waals surface area contributed by atoms with Gasteiger partial charge in [-0.25, -0.2) is 0 Å². The molecule has 0 aliphatic heterocycles. The number of para-hydroxylation sites is 1. The zero-order valence-corrected chi connectivity index (χ0v) is 12.5. The Labute approximate surface area is 125 Å². The number of rotatable bonds is 4. The smallest absolute Gasteiger partial charge is 0.0705 e. The van der Waals surface area contributed by atoms with E-state index in [2.05, 4.69) is 67.7 Å². The molecular formula is C19H20N2. The summed E-state index contributed by atoms with van der Waals surface area (Å²) in [6.45, 7) is 5.09.